The Balaban J connectivity index is 2.23. The molecule has 1 aliphatic heterocycles. The number of benzene rings is 1. The Kier molecular flexibility index (Phi) is 2.91. The molecule has 88 valence electrons. The second kappa shape index (κ2) is 4.37. The van der Waals surface area contributed by atoms with E-state index in [1.807, 2.05) is 0 Å². The van der Waals surface area contributed by atoms with Crippen molar-refractivity contribution in [1.29, 1.82) is 0 Å². The highest BCUT2D eigenvalue weighted by Gasteiger charge is 2.40. The average Bonchev–Trinajstić information content (AvgIpc) is 2.54. The molecule has 5 nitrogen and oxygen atoms in total. The quantitative estimate of drug-likeness (QED) is 0.791. The summed E-state index contributed by atoms with van der Waals surface area (Å²) >= 11 is 0. The number of para-hydroxylation sites is 1. The fourth-order valence-corrected chi connectivity index (χ4v) is 1.91. The summed E-state index contributed by atoms with van der Waals surface area (Å²) in [6.07, 6.45) is -0.325. The lowest BCUT2D eigenvalue weighted by Crippen LogP contribution is -2.30. The predicted molar refractivity (Wildman–Crippen MR) is 59.3 cm³/mol. The third-order valence-corrected chi connectivity index (χ3v) is 2.68. The lowest BCUT2D eigenvalue weighted by molar-refractivity contribution is -0.140. The summed E-state index contributed by atoms with van der Waals surface area (Å²) in [7, 11) is 0. The minimum atomic E-state index is -1.06. The average molecular weight is 233 g/mol. The van der Waals surface area contributed by atoms with Crippen molar-refractivity contribution in [2.24, 2.45) is 5.92 Å². The van der Waals surface area contributed by atoms with Crippen LogP contribution in [0.4, 0.5) is 5.69 Å². The van der Waals surface area contributed by atoms with Crippen LogP contribution in [0.2, 0.25) is 0 Å². The van der Waals surface area contributed by atoms with Gasteiger partial charge in [0.2, 0.25) is 11.8 Å². The van der Waals surface area contributed by atoms with Gasteiger partial charge in [-0.05, 0) is 12.1 Å². The Morgan fingerprint density at radius 1 is 1.29 bits per heavy atom. The number of aliphatic carboxylic acids is 1. The van der Waals surface area contributed by atoms with Crippen LogP contribution in [-0.2, 0) is 14.4 Å². The van der Waals surface area contributed by atoms with E-state index in [0.717, 1.165) is 4.90 Å². The Hall–Kier alpha value is -2.17. The summed E-state index contributed by atoms with van der Waals surface area (Å²) in [5.74, 6) is -2.57. The van der Waals surface area contributed by atoms with Crippen molar-refractivity contribution in [2.75, 3.05) is 4.90 Å². The third-order valence-electron chi connectivity index (χ3n) is 2.68. The molecule has 0 radical (unpaired) electrons. The van der Waals surface area contributed by atoms with Gasteiger partial charge in [-0.25, -0.2) is 0 Å². The van der Waals surface area contributed by atoms with Gasteiger partial charge in [-0.1, -0.05) is 18.2 Å². The summed E-state index contributed by atoms with van der Waals surface area (Å²) in [6, 6.07) is 8.53. The highest BCUT2D eigenvalue weighted by atomic mass is 16.4. The molecule has 1 aliphatic rings. The zero-order valence-electron chi connectivity index (χ0n) is 9.00. The number of imide groups is 1. The van der Waals surface area contributed by atoms with E-state index in [0.29, 0.717) is 5.69 Å². The number of nitrogens with zero attached hydrogens (tertiary/aromatic N) is 1. The molecule has 2 amide bonds. The van der Waals surface area contributed by atoms with Crippen molar-refractivity contribution in [1.82, 2.24) is 0 Å². The van der Waals surface area contributed by atoms with Gasteiger partial charge in [0.1, 0.15) is 0 Å². The standard InChI is InChI=1S/C12H11NO4/c14-10-6-8(7-11(15)16)12(17)13(10)9-4-2-1-3-5-9/h1-5,8H,6-7H2,(H,15,16)/t8-/m0/s1. The second-order valence-corrected chi connectivity index (χ2v) is 3.90. The molecule has 1 fully saturated rings. The molecule has 5 heteroatoms. The van der Waals surface area contributed by atoms with E-state index in [-0.39, 0.29) is 18.7 Å². The van der Waals surface area contributed by atoms with Crippen LogP contribution >= 0.6 is 0 Å². The van der Waals surface area contributed by atoms with Crippen LogP contribution in [-0.4, -0.2) is 22.9 Å². The second-order valence-electron chi connectivity index (χ2n) is 3.90. The summed E-state index contributed by atoms with van der Waals surface area (Å²) < 4.78 is 0. The molecule has 1 N–H and O–H groups in total. The summed E-state index contributed by atoms with van der Waals surface area (Å²) in [6.45, 7) is 0. The van der Waals surface area contributed by atoms with Gasteiger partial charge < -0.3 is 5.11 Å². The Morgan fingerprint density at radius 2 is 1.94 bits per heavy atom. The first-order valence-electron chi connectivity index (χ1n) is 5.23. The van der Waals surface area contributed by atoms with E-state index in [2.05, 4.69) is 0 Å². The van der Waals surface area contributed by atoms with Crippen LogP contribution in [0.15, 0.2) is 30.3 Å². The van der Waals surface area contributed by atoms with Crippen LogP contribution in [0, 0.1) is 5.92 Å². The molecule has 1 atom stereocenters. The molecule has 0 spiro atoms. The number of anilines is 1. The topological polar surface area (TPSA) is 74.7 Å². The van der Waals surface area contributed by atoms with Crippen LogP contribution in [0.5, 0.6) is 0 Å². The van der Waals surface area contributed by atoms with Crippen molar-refractivity contribution < 1.29 is 19.5 Å². The van der Waals surface area contributed by atoms with E-state index in [4.69, 9.17) is 5.11 Å². The van der Waals surface area contributed by atoms with Gasteiger partial charge in [0.15, 0.2) is 0 Å². The zero-order valence-corrected chi connectivity index (χ0v) is 9.00. The summed E-state index contributed by atoms with van der Waals surface area (Å²) in [5.41, 5.74) is 0.496. The van der Waals surface area contributed by atoms with E-state index < -0.39 is 17.8 Å². The smallest absolute Gasteiger partial charge is 0.304 e. The zero-order chi connectivity index (χ0) is 12.4. The van der Waals surface area contributed by atoms with Gasteiger partial charge in [0.25, 0.3) is 0 Å². The molecular weight excluding hydrogens is 222 g/mol. The molecule has 1 saturated heterocycles. The van der Waals surface area contributed by atoms with Crippen molar-refractivity contribution in [3.05, 3.63) is 30.3 Å². The maximum absolute atomic E-state index is 11.9. The molecule has 1 aromatic carbocycles. The molecule has 1 aromatic rings. The van der Waals surface area contributed by atoms with Gasteiger partial charge in [0, 0.05) is 6.42 Å². The number of hydrogen-bond donors (Lipinski definition) is 1. The molecule has 1 heterocycles. The first kappa shape index (κ1) is 11.3. The largest absolute Gasteiger partial charge is 0.481 e. The fraction of sp³-hybridized carbons (Fsp3) is 0.250. The number of amides is 2. The number of carboxylic acid groups (broad SMARTS) is 1. The number of carbonyl (C=O) groups excluding carboxylic acids is 2. The Morgan fingerprint density at radius 3 is 2.53 bits per heavy atom. The number of carbonyl (C=O) groups is 3. The molecule has 0 aliphatic carbocycles. The molecular formula is C12H11NO4. The van der Waals surface area contributed by atoms with Crippen molar-refractivity contribution >= 4 is 23.5 Å². The first-order chi connectivity index (χ1) is 8.09. The Bertz CT molecular complexity index is 469. The monoisotopic (exact) mass is 233 g/mol. The van der Waals surface area contributed by atoms with E-state index in [1.54, 1.807) is 30.3 Å². The van der Waals surface area contributed by atoms with Gasteiger partial charge in [-0.15, -0.1) is 0 Å². The SMILES string of the molecule is O=C(O)C[C@@H]1CC(=O)N(c2ccccc2)C1=O. The highest BCUT2D eigenvalue weighted by molar-refractivity contribution is 6.21. The molecule has 0 bridgehead atoms. The van der Waals surface area contributed by atoms with Crippen molar-refractivity contribution in [3.8, 4) is 0 Å². The third kappa shape index (κ3) is 2.18. The maximum atomic E-state index is 11.9. The highest BCUT2D eigenvalue weighted by Crippen LogP contribution is 2.27. The van der Waals surface area contributed by atoms with Crippen molar-refractivity contribution in [2.45, 2.75) is 12.8 Å². The van der Waals surface area contributed by atoms with E-state index >= 15 is 0 Å². The van der Waals surface area contributed by atoms with E-state index in [9.17, 15) is 14.4 Å². The minimum absolute atomic E-state index is 0.0278. The van der Waals surface area contributed by atoms with Gasteiger partial charge in [-0.3, -0.25) is 19.3 Å². The van der Waals surface area contributed by atoms with Crippen LogP contribution in [0.3, 0.4) is 0 Å². The number of rotatable bonds is 3. The van der Waals surface area contributed by atoms with Gasteiger partial charge in [0.05, 0.1) is 18.0 Å². The maximum Gasteiger partial charge on any atom is 0.304 e. The van der Waals surface area contributed by atoms with Crippen LogP contribution < -0.4 is 4.90 Å². The van der Waals surface area contributed by atoms with Crippen molar-refractivity contribution in [3.63, 3.8) is 0 Å². The number of carboxylic acids is 1. The Labute approximate surface area is 97.7 Å². The summed E-state index contributed by atoms with van der Waals surface area (Å²) in [5, 5.41) is 8.65. The molecule has 0 saturated carbocycles. The molecule has 0 aromatic heterocycles. The number of hydrogen-bond acceptors (Lipinski definition) is 3. The molecule has 2 rings (SSSR count). The first-order valence-corrected chi connectivity index (χ1v) is 5.23. The lowest BCUT2D eigenvalue weighted by atomic mass is 10.0. The van der Waals surface area contributed by atoms with Gasteiger partial charge in [-0.2, -0.15) is 0 Å². The minimum Gasteiger partial charge on any atom is -0.481 e. The van der Waals surface area contributed by atoms with Gasteiger partial charge >= 0.3 is 5.97 Å². The summed E-state index contributed by atoms with van der Waals surface area (Å²) in [4.78, 5) is 35.2. The van der Waals surface area contributed by atoms with Crippen LogP contribution in [0.25, 0.3) is 0 Å². The molecule has 17 heavy (non-hydrogen) atoms. The van der Waals surface area contributed by atoms with Crippen LogP contribution in [0.1, 0.15) is 12.8 Å². The normalized spacial score (nSPS) is 19.8. The molecule has 0 unspecified atom stereocenters. The van der Waals surface area contributed by atoms with E-state index in [1.165, 1.54) is 0 Å². The lowest BCUT2D eigenvalue weighted by Gasteiger charge is -2.14. The predicted octanol–water partition coefficient (Wildman–Crippen LogP) is 1.04. The fourth-order valence-electron chi connectivity index (χ4n) is 1.91.